The largest absolute Gasteiger partial charge is 0.368 e. The predicted molar refractivity (Wildman–Crippen MR) is 80.0 cm³/mol. The molecule has 1 amide bonds. The van der Waals surface area contributed by atoms with E-state index in [-0.39, 0.29) is 0 Å². The van der Waals surface area contributed by atoms with Crippen LogP contribution in [0.2, 0.25) is 5.02 Å². The van der Waals surface area contributed by atoms with Gasteiger partial charge in [0.05, 0.1) is 10.7 Å². The van der Waals surface area contributed by atoms with Gasteiger partial charge in [-0.1, -0.05) is 11.6 Å². The molecule has 2 fully saturated rings. The van der Waals surface area contributed by atoms with Crippen molar-refractivity contribution in [1.82, 2.24) is 9.88 Å². The molecule has 1 unspecified atom stereocenters. The van der Waals surface area contributed by atoms with E-state index in [0.717, 1.165) is 44.5 Å². The maximum atomic E-state index is 12.2. The number of aromatic nitrogens is 1. The fraction of sp³-hybridized carbons (Fsp3) is 0.600. The summed E-state index contributed by atoms with van der Waals surface area (Å²) >= 11 is 6.22. The summed E-state index contributed by atoms with van der Waals surface area (Å²) in [5.41, 5.74) is 1.03. The van der Waals surface area contributed by atoms with Gasteiger partial charge >= 0.3 is 0 Å². The van der Waals surface area contributed by atoms with Crippen LogP contribution in [0.25, 0.3) is 0 Å². The third kappa shape index (κ3) is 2.75. The summed E-state index contributed by atoms with van der Waals surface area (Å²) in [6.07, 6.45) is 7.74. The van der Waals surface area contributed by atoms with E-state index in [4.69, 9.17) is 11.6 Å². The summed E-state index contributed by atoms with van der Waals surface area (Å²) in [5.74, 6) is 0.609. The van der Waals surface area contributed by atoms with Gasteiger partial charge < -0.3 is 9.80 Å². The van der Waals surface area contributed by atoms with Crippen LogP contribution in [0.5, 0.6) is 0 Å². The Labute approximate surface area is 124 Å². The van der Waals surface area contributed by atoms with Crippen molar-refractivity contribution in [3.8, 4) is 0 Å². The molecule has 108 valence electrons. The van der Waals surface area contributed by atoms with Crippen LogP contribution in [-0.4, -0.2) is 42.0 Å². The van der Waals surface area contributed by atoms with E-state index in [9.17, 15) is 4.79 Å². The molecule has 2 aliphatic rings. The molecule has 1 atom stereocenters. The van der Waals surface area contributed by atoms with Gasteiger partial charge in [0.2, 0.25) is 5.91 Å². The normalized spacial score (nSPS) is 22.7. The molecule has 2 heterocycles. The lowest BCUT2D eigenvalue weighted by molar-refractivity contribution is -0.133. The number of pyridine rings is 1. The van der Waals surface area contributed by atoms with Gasteiger partial charge in [-0.05, 0) is 31.7 Å². The average molecular weight is 294 g/mol. The Morgan fingerprint density at radius 2 is 2.25 bits per heavy atom. The molecule has 0 bridgehead atoms. The average Bonchev–Trinajstić information content (AvgIpc) is 3.31. The minimum absolute atomic E-state index is 0.292. The Morgan fingerprint density at radius 1 is 1.45 bits per heavy atom. The number of rotatable bonds is 3. The first-order valence-electron chi connectivity index (χ1n) is 7.28. The molecule has 3 rings (SSSR count). The minimum Gasteiger partial charge on any atom is -0.368 e. The highest BCUT2D eigenvalue weighted by Gasteiger charge is 2.35. The van der Waals surface area contributed by atoms with E-state index in [1.807, 2.05) is 18.0 Å². The topological polar surface area (TPSA) is 36.4 Å². The number of anilines is 1. The maximum Gasteiger partial charge on any atom is 0.225 e. The van der Waals surface area contributed by atoms with Crippen molar-refractivity contribution in [2.45, 2.75) is 31.7 Å². The van der Waals surface area contributed by atoms with E-state index in [1.54, 1.807) is 12.4 Å². The smallest absolute Gasteiger partial charge is 0.225 e. The molecular weight excluding hydrogens is 274 g/mol. The molecule has 0 radical (unpaired) electrons. The van der Waals surface area contributed by atoms with Gasteiger partial charge in [0, 0.05) is 44.5 Å². The standard InChI is InChI=1S/C15H20ClN3O/c1-18(15(20)11-4-5-11)12-3-2-8-19(10-12)14-6-7-17-9-13(14)16/h6-7,9,11-12H,2-5,8,10H2,1H3. The van der Waals surface area contributed by atoms with Crippen LogP contribution in [0.1, 0.15) is 25.7 Å². The summed E-state index contributed by atoms with van der Waals surface area (Å²) in [6.45, 7) is 1.85. The second-order valence-corrected chi connectivity index (χ2v) is 6.20. The second-order valence-electron chi connectivity index (χ2n) is 5.79. The highest BCUT2D eigenvalue weighted by Crippen LogP contribution is 2.33. The summed E-state index contributed by atoms with van der Waals surface area (Å²) in [7, 11) is 1.95. The van der Waals surface area contributed by atoms with E-state index in [0.29, 0.717) is 22.9 Å². The minimum atomic E-state index is 0.292. The van der Waals surface area contributed by atoms with Gasteiger partial charge in [0.25, 0.3) is 0 Å². The fourth-order valence-corrected chi connectivity index (χ4v) is 3.15. The zero-order valence-electron chi connectivity index (χ0n) is 11.8. The summed E-state index contributed by atoms with van der Waals surface area (Å²) in [4.78, 5) is 20.4. The molecule has 20 heavy (non-hydrogen) atoms. The highest BCUT2D eigenvalue weighted by atomic mass is 35.5. The van der Waals surface area contributed by atoms with Gasteiger partial charge in [-0.15, -0.1) is 0 Å². The number of halogens is 1. The van der Waals surface area contributed by atoms with Crippen molar-refractivity contribution in [2.24, 2.45) is 5.92 Å². The number of carbonyl (C=O) groups excluding carboxylic acids is 1. The first-order chi connectivity index (χ1) is 9.66. The quantitative estimate of drug-likeness (QED) is 0.859. The lowest BCUT2D eigenvalue weighted by Gasteiger charge is -2.39. The third-order valence-corrected chi connectivity index (χ3v) is 4.60. The molecule has 1 aliphatic heterocycles. The van der Waals surface area contributed by atoms with Crippen LogP contribution in [0.15, 0.2) is 18.5 Å². The SMILES string of the molecule is CN(C(=O)C1CC1)C1CCCN(c2ccncc2Cl)C1. The Kier molecular flexibility index (Phi) is 3.83. The first kappa shape index (κ1) is 13.7. The number of nitrogens with zero attached hydrogens (tertiary/aromatic N) is 3. The number of hydrogen-bond donors (Lipinski definition) is 0. The maximum absolute atomic E-state index is 12.2. The van der Waals surface area contributed by atoms with Crippen LogP contribution in [0.4, 0.5) is 5.69 Å². The van der Waals surface area contributed by atoms with E-state index in [1.165, 1.54) is 0 Å². The lowest BCUT2D eigenvalue weighted by atomic mass is 10.0. The van der Waals surface area contributed by atoms with Crippen LogP contribution >= 0.6 is 11.6 Å². The summed E-state index contributed by atoms with van der Waals surface area (Å²) in [5, 5.41) is 0.685. The Morgan fingerprint density at radius 3 is 2.95 bits per heavy atom. The second kappa shape index (κ2) is 5.60. The van der Waals surface area contributed by atoms with Crippen LogP contribution in [0.3, 0.4) is 0 Å². The molecule has 0 spiro atoms. The molecule has 1 aliphatic carbocycles. The molecule has 1 saturated carbocycles. The Bertz CT molecular complexity index is 504. The first-order valence-corrected chi connectivity index (χ1v) is 7.65. The van der Waals surface area contributed by atoms with Crippen molar-refractivity contribution in [3.05, 3.63) is 23.5 Å². The van der Waals surface area contributed by atoms with Gasteiger partial charge in [0.15, 0.2) is 0 Å². The van der Waals surface area contributed by atoms with Crippen LogP contribution in [-0.2, 0) is 4.79 Å². The van der Waals surface area contributed by atoms with Crippen molar-refractivity contribution in [1.29, 1.82) is 0 Å². The van der Waals surface area contributed by atoms with Crippen molar-refractivity contribution in [3.63, 3.8) is 0 Å². The number of amides is 1. The molecule has 1 aromatic rings. The summed E-state index contributed by atoms with van der Waals surface area (Å²) < 4.78 is 0. The number of piperidine rings is 1. The van der Waals surface area contributed by atoms with Gasteiger partial charge in [-0.3, -0.25) is 9.78 Å². The molecule has 0 aromatic carbocycles. The Hall–Kier alpha value is -1.29. The number of hydrogen-bond acceptors (Lipinski definition) is 3. The monoisotopic (exact) mass is 293 g/mol. The zero-order chi connectivity index (χ0) is 14.1. The van der Waals surface area contributed by atoms with Crippen LogP contribution < -0.4 is 4.90 Å². The molecule has 0 N–H and O–H groups in total. The van der Waals surface area contributed by atoms with Crippen LogP contribution in [0, 0.1) is 5.92 Å². The molecule has 1 aromatic heterocycles. The van der Waals surface area contributed by atoms with E-state index >= 15 is 0 Å². The number of likely N-dealkylation sites (N-methyl/N-ethyl adjacent to an activating group) is 1. The lowest BCUT2D eigenvalue weighted by Crippen LogP contribution is -2.49. The van der Waals surface area contributed by atoms with Gasteiger partial charge in [0.1, 0.15) is 0 Å². The van der Waals surface area contributed by atoms with Gasteiger partial charge in [-0.25, -0.2) is 0 Å². The Balaban J connectivity index is 1.70. The summed E-state index contributed by atoms with van der Waals surface area (Å²) in [6, 6.07) is 2.24. The molecular formula is C15H20ClN3O. The zero-order valence-corrected chi connectivity index (χ0v) is 12.5. The molecule has 1 saturated heterocycles. The van der Waals surface area contributed by atoms with Crippen molar-refractivity contribution in [2.75, 3.05) is 25.0 Å². The molecule has 5 heteroatoms. The van der Waals surface area contributed by atoms with Gasteiger partial charge in [-0.2, -0.15) is 0 Å². The van der Waals surface area contributed by atoms with Crippen molar-refractivity contribution < 1.29 is 4.79 Å². The fourth-order valence-electron chi connectivity index (χ4n) is 2.91. The number of carbonyl (C=O) groups is 1. The molecule has 4 nitrogen and oxygen atoms in total. The third-order valence-electron chi connectivity index (χ3n) is 4.31. The predicted octanol–water partition coefficient (Wildman–Crippen LogP) is 2.57. The van der Waals surface area contributed by atoms with Crippen molar-refractivity contribution >= 4 is 23.2 Å². The van der Waals surface area contributed by atoms with E-state index < -0.39 is 0 Å². The highest BCUT2D eigenvalue weighted by molar-refractivity contribution is 6.33. The van der Waals surface area contributed by atoms with E-state index in [2.05, 4.69) is 9.88 Å².